The third-order valence-corrected chi connectivity index (χ3v) is 4.30. The van der Waals surface area contributed by atoms with Gasteiger partial charge < -0.3 is 9.15 Å². The van der Waals surface area contributed by atoms with E-state index in [9.17, 15) is 4.79 Å². The first-order valence-corrected chi connectivity index (χ1v) is 7.63. The van der Waals surface area contributed by atoms with Crippen molar-refractivity contribution in [3.05, 3.63) is 27.4 Å². The quantitative estimate of drug-likeness (QED) is 0.768. The number of thiophene rings is 1. The lowest BCUT2D eigenvalue weighted by molar-refractivity contribution is 0.0489. The Balaban J connectivity index is 2.46. The van der Waals surface area contributed by atoms with Gasteiger partial charge >= 0.3 is 5.97 Å². The molecule has 0 unspecified atom stereocenters. The molecule has 2 heterocycles. The molecule has 0 N–H and O–H groups in total. The van der Waals surface area contributed by atoms with Crippen LogP contribution in [-0.2, 0) is 4.74 Å². The molecule has 0 bridgehead atoms. The van der Waals surface area contributed by atoms with Gasteiger partial charge in [0.05, 0.1) is 12.3 Å². The summed E-state index contributed by atoms with van der Waals surface area (Å²) >= 11 is 4.94. The lowest BCUT2D eigenvalue weighted by Gasteiger charge is -2.02. The smallest absolute Gasteiger partial charge is 0.376 e. The van der Waals surface area contributed by atoms with Gasteiger partial charge in [-0.3, -0.25) is 0 Å². The number of carbonyl (C=O) groups excluding carboxylic acids is 1. The molecule has 0 atom stereocenters. The molecule has 0 saturated carbocycles. The number of aromatic nitrogens is 1. The minimum atomic E-state index is -0.461. The van der Waals surface area contributed by atoms with Crippen molar-refractivity contribution in [2.24, 2.45) is 0 Å². The van der Waals surface area contributed by atoms with Crippen molar-refractivity contribution in [2.45, 2.75) is 26.7 Å². The Kier molecular flexibility index (Phi) is 4.42. The number of rotatable bonds is 4. The van der Waals surface area contributed by atoms with Crippen molar-refractivity contribution in [3.63, 3.8) is 0 Å². The average Bonchev–Trinajstić information content (AvgIpc) is 2.94. The second kappa shape index (κ2) is 5.88. The summed E-state index contributed by atoms with van der Waals surface area (Å²) in [4.78, 5) is 17.2. The molecule has 0 spiro atoms. The second-order valence-corrected chi connectivity index (χ2v) is 5.98. The van der Waals surface area contributed by atoms with E-state index in [1.807, 2.05) is 25.3 Å². The first kappa shape index (κ1) is 14.3. The zero-order valence-corrected chi connectivity index (χ0v) is 13.3. The second-order valence-electron chi connectivity index (χ2n) is 4.21. The van der Waals surface area contributed by atoms with Crippen LogP contribution in [0.5, 0.6) is 0 Å². The van der Waals surface area contributed by atoms with E-state index in [-0.39, 0.29) is 11.7 Å². The Hall–Kier alpha value is -1.14. The number of hydrogen-bond donors (Lipinski definition) is 0. The van der Waals surface area contributed by atoms with E-state index in [0.717, 1.165) is 9.35 Å². The van der Waals surface area contributed by atoms with E-state index in [2.05, 4.69) is 20.9 Å². The number of oxazole rings is 1. The molecule has 19 heavy (non-hydrogen) atoms. The lowest BCUT2D eigenvalue weighted by Crippen LogP contribution is -2.07. The highest BCUT2D eigenvalue weighted by atomic mass is 79.9. The summed E-state index contributed by atoms with van der Waals surface area (Å²) in [5.41, 5.74) is 0.633. The summed E-state index contributed by atoms with van der Waals surface area (Å²) in [7, 11) is 0. The molecule has 2 aromatic heterocycles. The number of nitrogens with zero attached hydrogens (tertiary/aromatic N) is 1. The Morgan fingerprint density at radius 1 is 1.58 bits per heavy atom. The predicted molar refractivity (Wildman–Crippen MR) is 77.6 cm³/mol. The normalized spacial score (nSPS) is 11.0. The number of halogens is 1. The van der Waals surface area contributed by atoms with Crippen LogP contribution in [0, 0.1) is 0 Å². The number of carbonyl (C=O) groups is 1. The molecule has 0 amide bonds. The summed E-state index contributed by atoms with van der Waals surface area (Å²) in [6, 6.07) is 1.92. The van der Waals surface area contributed by atoms with Crippen LogP contribution < -0.4 is 0 Å². The molecule has 102 valence electrons. The SMILES string of the molecule is CCOC(=O)c1oc(-c2sccc2Br)nc1C(C)C. The molecule has 4 nitrogen and oxygen atoms in total. The fourth-order valence-electron chi connectivity index (χ4n) is 1.61. The minimum absolute atomic E-state index is 0.0932. The Bertz CT molecular complexity index is 588. The summed E-state index contributed by atoms with van der Waals surface area (Å²) in [6.45, 7) is 6.01. The molecule has 0 fully saturated rings. The van der Waals surface area contributed by atoms with E-state index < -0.39 is 5.97 Å². The molecular formula is C13H14BrNO3S. The van der Waals surface area contributed by atoms with Gasteiger partial charge in [-0.15, -0.1) is 11.3 Å². The van der Waals surface area contributed by atoms with Gasteiger partial charge in [0.1, 0.15) is 4.88 Å². The average molecular weight is 344 g/mol. The van der Waals surface area contributed by atoms with E-state index in [0.29, 0.717) is 18.2 Å². The van der Waals surface area contributed by atoms with Gasteiger partial charge in [-0.1, -0.05) is 13.8 Å². The standard InChI is InChI=1S/C13H14BrNO3S/c1-4-17-13(16)10-9(7(2)3)15-12(18-10)11-8(14)5-6-19-11/h5-7H,4H2,1-3H3. The molecule has 0 saturated heterocycles. The van der Waals surface area contributed by atoms with Crippen LogP contribution in [0.3, 0.4) is 0 Å². The molecule has 0 aliphatic rings. The van der Waals surface area contributed by atoms with Gasteiger partial charge in [0, 0.05) is 4.47 Å². The van der Waals surface area contributed by atoms with Crippen molar-refractivity contribution in [3.8, 4) is 10.8 Å². The summed E-state index contributed by atoms with van der Waals surface area (Å²) < 4.78 is 11.5. The van der Waals surface area contributed by atoms with Crippen LogP contribution >= 0.6 is 27.3 Å². The Morgan fingerprint density at radius 3 is 2.84 bits per heavy atom. The van der Waals surface area contributed by atoms with Crippen LogP contribution in [0.1, 0.15) is 42.9 Å². The number of ether oxygens (including phenoxy) is 1. The Labute approximate surface area is 123 Å². The third kappa shape index (κ3) is 2.90. The van der Waals surface area contributed by atoms with Gasteiger partial charge in [-0.05, 0) is 40.2 Å². The van der Waals surface area contributed by atoms with E-state index in [1.54, 1.807) is 6.92 Å². The number of esters is 1. The Morgan fingerprint density at radius 2 is 2.32 bits per heavy atom. The van der Waals surface area contributed by atoms with Crippen molar-refractivity contribution in [1.29, 1.82) is 0 Å². The van der Waals surface area contributed by atoms with Crippen LogP contribution in [-0.4, -0.2) is 17.6 Å². The van der Waals surface area contributed by atoms with Crippen LogP contribution in [0.4, 0.5) is 0 Å². The van der Waals surface area contributed by atoms with E-state index in [1.165, 1.54) is 11.3 Å². The predicted octanol–water partition coefficient (Wildman–Crippen LogP) is 4.47. The fourth-order valence-corrected chi connectivity index (χ4v) is 3.08. The lowest BCUT2D eigenvalue weighted by atomic mass is 10.1. The summed E-state index contributed by atoms with van der Waals surface area (Å²) in [6.07, 6.45) is 0. The van der Waals surface area contributed by atoms with Gasteiger partial charge in [0.15, 0.2) is 0 Å². The topological polar surface area (TPSA) is 52.3 Å². The molecule has 0 aliphatic heterocycles. The summed E-state index contributed by atoms with van der Waals surface area (Å²) in [5.74, 6) is 0.286. The van der Waals surface area contributed by atoms with Crippen molar-refractivity contribution >= 4 is 33.2 Å². The van der Waals surface area contributed by atoms with Gasteiger partial charge in [-0.25, -0.2) is 9.78 Å². The van der Waals surface area contributed by atoms with Crippen molar-refractivity contribution < 1.29 is 13.9 Å². The molecule has 0 radical (unpaired) electrons. The zero-order valence-electron chi connectivity index (χ0n) is 10.9. The highest BCUT2D eigenvalue weighted by Gasteiger charge is 2.25. The maximum absolute atomic E-state index is 11.9. The van der Waals surface area contributed by atoms with Gasteiger partial charge in [0.2, 0.25) is 11.7 Å². The largest absolute Gasteiger partial charge is 0.460 e. The number of hydrogen-bond acceptors (Lipinski definition) is 5. The summed E-state index contributed by atoms with van der Waals surface area (Å²) in [5, 5.41) is 1.93. The molecule has 2 rings (SSSR count). The van der Waals surface area contributed by atoms with E-state index in [4.69, 9.17) is 9.15 Å². The van der Waals surface area contributed by atoms with Crippen LogP contribution in [0.2, 0.25) is 0 Å². The zero-order chi connectivity index (χ0) is 14.0. The molecule has 6 heteroatoms. The van der Waals surface area contributed by atoms with Crippen LogP contribution in [0.25, 0.3) is 10.8 Å². The highest BCUT2D eigenvalue weighted by molar-refractivity contribution is 9.10. The molecule has 2 aromatic rings. The molecule has 0 aliphatic carbocycles. The van der Waals surface area contributed by atoms with Gasteiger partial charge in [0.25, 0.3) is 0 Å². The third-order valence-electron chi connectivity index (χ3n) is 2.47. The van der Waals surface area contributed by atoms with E-state index >= 15 is 0 Å². The monoisotopic (exact) mass is 343 g/mol. The van der Waals surface area contributed by atoms with Crippen LogP contribution in [0.15, 0.2) is 20.3 Å². The molecular weight excluding hydrogens is 330 g/mol. The fraction of sp³-hybridized carbons (Fsp3) is 0.385. The first-order valence-electron chi connectivity index (χ1n) is 5.95. The maximum Gasteiger partial charge on any atom is 0.376 e. The first-order chi connectivity index (χ1) is 9.04. The minimum Gasteiger partial charge on any atom is -0.460 e. The maximum atomic E-state index is 11.9. The van der Waals surface area contributed by atoms with Gasteiger partial charge in [-0.2, -0.15) is 0 Å². The van der Waals surface area contributed by atoms with Crippen molar-refractivity contribution in [2.75, 3.05) is 6.61 Å². The highest BCUT2D eigenvalue weighted by Crippen LogP contribution is 2.35. The molecule has 0 aromatic carbocycles. The van der Waals surface area contributed by atoms with Crippen molar-refractivity contribution in [1.82, 2.24) is 4.98 Å².